The largest absolute Gasteiger partial charge is 0.381 e. The van der Waals surface area contributed by atoms with Crippen molar-refractivity contribution in [2.45, 2.75) is 78.1 Å². The molecule has 2 rings (SSSR count). The predicted octanol–water partition coefficient (Wildman–Crippen LogP) is 4.70. The van der Waals surface area contributed by atoms with Gasteiger partial charge in [0.05, 0.1) is 18.9 Å². The van der Waals surface area contributed by atoms with Crippen molar-refractivity contribution in [3.8, 4) is 0 Å². The molecule has 1 atom stereocenters. The highest BCUT2D eigenvalue weighted by Crippen LogP contribution is 2.44. The Kier molecular flexibility index (Phi) is 10.5. The maximum Gasteiger partial charge on any atom is 0.0684 e. The van der Waals surface area contributed by atoms with Gasteiger partial charge in [0.15, 0.2) is 0 Å². The summed E-state index contributed by atoms with van der Waals surface area (Å²) in [6.07, 6.45) is 11.8. The molecule has 1 aromatic heterocycles. The molecular formula is C23H43N3O2. The number of H-pyrrole nitrogens is 1. The Hall–Kier alpha value is -0.910. The van der Waals surface area contributed by atoms with Gasteiger partial charge < -0.3 is 14.8 Å². The molecule has 0 saturated heterocycles. The molecule has 1 fully saturated rings. The van der Waals surface area contributed by atoms with Crippen molar-refractivity contribution in [3.05, 3.63) is 17.5 Å². The molecule has 0 aromatic carbocycles. The zero-order valence-electron chi connectivity index (χ0n) is 18.7. The molecule has 1 aromatic rings. The summed E-state index contributed by atoms with van der Waals surface area (Å²) < 4.78 is 11.6. The SMILES string of the molecule is CCOCC1(COCC)CCC(c2n[nH]cc2CCCC(C)CCNC)CC1. The van der Waals surface area contributed by atoms with Crippen molar-refractivity contribution < 1.29 is 9.47 Å². The molecule has 5 heteroatoms. The molecule has 28 heavy (non-hydrogen) atoms. The second kappa shape index (κ2) is 12.6. The van der Waals surface area contributed by atoms with E-state index in [1.807, 2.05) is 7.05 Å². The first kappa shape index (κ1) is 23.4. The highest BCUT2D eigenvalue weighted by molar-refractivity contribution is 5.21. The van der Waals surface area contributed by atoms with E-state index in [1.54, 1.807) is 0 Å². The van der Waals surface area contributed by atoms with Crippen molar-refractivity contribution in [1.29, 1.82) is 0 Å². The molecule has 1 saturated carbocycles. The molecule has 1 aliphatic rings. The van der Waals surface area contributed by atoms with Crippen LogP contribution in [0.5, 0.6) is 0 Å². The molecule has 1 unspecified atom stereocenters. The molecule has 1 aliphatic carbocycles. The highest BCUT2D eigenvalue weighted by atomic mass is 16.5. The normalized spacial score (nSPS) is 18.4. The van der Waals surface area contributed by atoms with Crippen LogP contribution in [0.1, 0.15) is 82.9 Å². The van der Waals surface area contributed by atoms with Crippen molar-refractivity contribution in [3.63, 3.8) is 0 Å². The van der Waals surface area contributed by atoms with Gasteiger partial charge >= 0.3 is 0 Å². The van der Waals surface area contributed by atoms with Gasteiger partial charge in [0.25, 0.3) is 0 Å². The van der Waals surface area contributed by atoms with Crippen molar-refractivity contribution in [2.24, 2.45) is 11.3 Å². The Labute approximate surface area is 172 Å². The number of hydrogen-bond acceptors (Lipinski definition) is 4. The van der Waals surface area contributed by atoms with Crippen LogP contribution in [-0.2, 0) is 15.9 Å². The number of aryl methyl sites for hydroxylation is 1. The van der Waals surface area contributed by atoms with Crippen molar-refractivity contribution >= 4 is 0 Å². The van der Waals surface area contributed by atoms with E-state index in [1.165, 1.54) is 56.2 Å². The standard InChI is InChI=1S/C23H43N3O2/c1-5-27-17-23(18-28-6-2)13-10-20(11-14-23)22-21(16-25-26-22)9-7-8-19(3)12-15-24-4/h16,19-20,24H,5-15,17-18H2,1-4H3,(H,25,26). The van der Waals surface area contributed by atoms with E-state index in [0.717, 1.165) is 45.3 Å². The van der Waals surface area contributed by atoms with Crippen molar-refractivity contribution in [2.75, 3.05) is 40.0 Å². The van der Waals surface area contributed by atoms with Crippen LogP contribution in [0.3, 0.4) is 0 Å². The highest BCUT2D eigenvalue weighted by Gasteiger charge is 2.37. The topological polar surface area (TPSA) is 59.2 Å². The second-order valence-electron chi connectivity index (χ2n) is 8.73. The fourth-order valence-corrected chi connectivity index (χ4v) is 4.53. The zero-order chi connectivity index (χ0) is 20.2. The lowest BCUT2D eigenvalue weighted by atomic mass is 9.70. The maximum atomic E-state index is 5.82. The van der Waals surface area contributed by atoms with Crippen LogP contribution in [0.4, 0.5) is 0 Å². The average molecular weight is 394 g/mol. The van der Waals surface area contributed by atoms with Gasteiger partial charge in [0.1, 0.15) is 0 Å². The third-order valence-corrected chi connectivity index (χ3v) is 6.44. The summed E-state index contributed by atoms with van der Waals surface area (Å²) in [6, 6.07) is 0. The summed E-state index contributed by atoms with van der Waals surface area (Å²) in [5.41, 5.74) is 2.96. The lowest BCUT2D eigenvalue weighted by molar-refractivity contribution is -0.0397. The lowest BCUT2D eigenvalue weighted by Crippen LogP contribution is -2.36. The molecule has 162 valence electrons. The number of ether oxygens (including phenoxy) is 2. The summed E-state index contributed by atoms with van der Waals surface area (Å²) in [6.45, 7) is 10.9. The summed E-state index contributed by atoms with van der Waals surface area (Å²) in [5, 5.41) is 11.1. The van der Waals surface area contributed by atoms with E-state index in [0.29, 0.717) is 5.92 Å². The molecule has 0 aliphatic heterocycles. The minimum absolute atomic E-state index is 0.196. The number of aromatic nitrogens is 2. The van der Waals surface area contributed by atoms with E-state index >= 15 is 0 Å². The molecule has 1 heterocycles. The number of aromatic amines is 1. The average Bonchev–Trinajstić information content (AvgIpc) is 3.18. The number of nitrogens with one attached hydrogen (secondary N) is 2. The van der Waals surface area contributed by atoms with E-state index in [4.69, 9.17) is 9.47 Å². The van der Waals surface area contributed by atoms with Gasteiger partial charge in [-0.15, -0.1) is 0 Å². The maximum absolute atomic E-state index is 5.82. The molecular weight excluding hydrogens is 350 g/mol. The molecule has 2 N–H and O–H groups in total. The van der Waals surface area contributed by atoms with Gasteiger partial charge in [-0.3, -0.25) is 5.10 Å². The third kappa shape index (κ3) is 7.16. The predicted molar refractivity (Wildman–Crippen MR) is 116 cm³/mol. The minimum Gasteiger partial charge on any atom is -0.381 e. The summed E-state index contributed by atoms with van der Waals surface area (Å²) in [5.74, 6) is 1.37. The van der Waals surface area contributed by atoms with E-state index in [9.17, 15) is 0 Å². The fourth-order valence-electron chi connectivity index (χ4n) is 4.53. The second-order valence-corrected chi connectivity index (χ2v) is 8.73. The van der Waals surface area contributed by atoms with Gasteiger partial charge in [-0.1, -0.05) is 13.3 Å². The lowest BCUT2D eigenvalue weighted by Gasteiger charge is -2.39. The smallest absolute Gasteiger partial charge is 0.0684 e. The van der Waals surface area contributed by atoms with Crippen LogP contribution in [0, 0.1) is 11.3 Å². The zero-order valence-corrected chi connectivity index (χ0v) is 18.7. The van der Waals surface area contributed by atoms with E-state index in [-0.39, 0.29) is 5.41 Å². The molecule has 0 spiro atoms. The van der Waals surface area contributed by atoms with Crippen LogP contribution in [-0.4, -0.2) is 50.2 Å². The number of rotatable bonds is 14. The first-order chi connectivity index (χ1) is 13.6. The Bertz CT molecular complexity index is 514. The minimum atomic E-state index is 0.196. The van der Waals surface area contributed by atoms with Crippen LogP contribution in [0.15, 0.2) is 6.20 Å². The fraction of sp³-hybridized carbons (Fsp3) is 0.870. The first-order valence-electron chi connectivity index (χ1n) is 11.5. The Morgan fingerprint density at radius 1 is 1.18 bits per heavy atom. The molecule has 0 radical (unpaired) electrons. The Morgan fingerprint density at radius 2 is 1.86 bits per heavy atom. The summed E-state index contributed by atoms with van der Waals surface area (Å²) in [4.78, 5) is 0. The van der Waals surface area contributed by atoms with Gasteiger partial charge in [-0.2, -0.15) is 5.10 Å². The summed E-state index contributed by atoms with van der Waals surface area (Å²) >= 11 is 0. The van der Waals surface area contributed by atoms with Crippen LogP contribution < -0.4 is 5.32 Å². The van der Waals surface area contributed by atoms with Gasteiger partial charge in [0.2, 0.25) is 0 Å². The molecule has 0 bridgehead atoms. The third-order valence-electron chi connectivity index (χ3n) is 6.44. The Balaban J connectivity index is 1.86. The van der Waals surface area contributed by atoms with Gasteiger partial charge in [-0.25, -0.2) is 0 Å². The van der Waals surface area contributed by atoms with Gasteiger partial charge in [-0.05, 0) is 83.9 Å². The molecule has 0 amide bonds. The van der Waals surface area contributed by atoms with Crippen LogP contribution >= 0.6 is 0 Å². The van der Waals surface area contributed by atoms with E-state index in [2.05, 4.69) is 42.5 Å². The monoisotopic (exact) mass is 393 g/mol. The van der Waals surface area contributed by atoms with Crippen molar-refractivity contribution in [1.82, 2.24) is 15.5 Å². The van der Waals surface area contributed by atoms with Gasteiger partial charge in [0, 0.05) is 30.7 Å². The Morgan fingerprint density at radius 3 is 2.46 bits per heavy atom. The van der Waals surface area contributed by atoms with Crippen LogP contribution in [0.2, 0.25) is 0 Å². The first-order valence-corrected chi connectivity index (χ1v) is 11.5. The van der Waals surface area contributed by atoms with Crippen LogP contribution in [0.25, 0.3) is 0 Å². The molecule has 5 nitrogen and oxygen atoms in total. The summed E-state index contributed by atoms with van der Waals surface area (Å²) in [7, 11) is 2.03. The number of nitrogens with zero attached hydrogens (tertiary/aromatic N) is 1. The quantitative estimate of drug-likeness (QED) is 0.481. The van der Waals surface area contributed by atoms with E-state index < -0.39 is 0 Å². The number of hydrogen-bond donors (Lipinski definition) is 2.